The molecule has 0 saturated heterocycles. The van der Waals surface area contributed by atoms with Crippen molar-refractivity contribution in [3.63, 3.8) is 0 Å². The van der Waals surface area contributed by atoms with Gasteiger partial charge < -0.3 is 10.2 Å². The van der Waals surface area contributed by atoms with E-state index in [1.54, 1.807) is 4.88 Å². The smallest absolute Gasteiger partial charge is 0.173 e. The van der Waals surface area contributed by atoms with E-state index in [2.05, 4.69) is 52.9 Å². The zero-order valence-corrected chi connectivity index (χ0v) is 14.3. The topological polar surface area (TPSA) is 15.3 Å². The molecule has 1 fully saturated rings. The minimum atomic E-state index is 0.486. The van der Waals surface area contributed by atoms with Crippen LogP contribution in [0.25, 0.3) is 0 Å². The van der Waals surface area contributed by atoms with Crippen molar-refractivity contribution in [2.45, 2.75) is 32.2 Å². The second kappa shape index (κ2) is 5.67. The van der Waals surface area contributed by atoms with Crippen molar-refractivity contribution in [2.75, 3.05) is 11.9 Å². The standard InChI is InChI=1S/C18H20N2S2/c1-12-3-2-4-14(11-12)19-18(21)20-9-7-16-15(8-10-22-16)17(20)13-5-6-13/h2-4,8,10-11,13,17H,5-7,9H2,1H3,(H,19,21)/t17-/m1/s1. The number of fused-ring (bicyclic) bond motifs is 1. The summed E-state index contributed by atoms with van der Waals surface area (Å²) < 4.78 is 0. The molecule has 0 bridgehead atoms. The highest BCUT2D eigenvalue weighted by Gasteiger charge is 2.40. The van der Waals surface area contributed by atoms with Crippen molar-refractivity contribution in [3.8, 4) is 0 Å². The first kappa shape index (κ1) is 14.2. The zero-order valence-electron chi connectivity index (χ0n) is 12.7. The lowest BCUT2D eigenvalue weighted by molar-refractivity contribution is 0.276. The molecule has 2 nitrogen and oxygen atoms in total. The first-order valence-corrected chi connectivity index (χ1v) is 9.22. The van der Waals surface area contributed by atoms with Crippen molar-refractivity contribution in [3.05, 3.63) is 51.7 Å². The molecule has 0 amide bonds. The third-order valence-electron chi connectivity index (χ3n) is 4.61. The number of anilines is 1. The number of thiophene rings is 1. The van der Waals surface area contributed by atoms with E-state index in [1.807, 2.05) is 11.3 Å². The van der Waals surface area contributed by atoms with Crippen molar-refractivity contribution >= 4 is 34.4 Å². The molecule has 1 aliphatic heterocycles. The Morgan fingerprint density at radius 2 is 2.18 bits per heavy atom. The zero-order chi connectivity index (χ0) is 15.1. The molecule has 0 spiro atoms. The minimum Gasteiger partial charge on any atom is -0.341 e. The van der Waals surface area contributed by atoms with Crippen LogP contribution < -0.4 is 5.32 Å². The highest BCUT2D eigenvalue weighted by molar-refractivity contribution is 7.80. The van der Waals surface area contributed by atoms with Gasteiger partial charge >= 0.3 is 0 Å². The molecular weight excluding hydrogens is 308 g/mol. The lowest BCUT2D eigenvalue weighted by Crippen LogP contribution is -2.42. The Bertz CT molecular complexity index is 703. The molecular formula is C18H20N2S2. The molecule has 1 aliphatic carbocycles. The van der Waals surface area contributed by atoms with Crippen LogP contribution in [0.3, 0.4) is 0 Å². The Balaban J connectivity index is 1.57. The maximum absolute atomic E-state index is 5.74. The van der Waals surface area contributed by atoms with Gasteiger partial charge in [0.15, 0.2) is 5.11 Å². The molecule has 1 N–H and O–H groups in total. The molecule has 0 unspecified atom stereocenters. The van der Waals surface area contributed by atoms with Crippen LogP contribution in [0, 0.1) is 12.8 Å². The fourth-order valence-corrected chi connectivity index (χ4v) is 4.65. The highest BCUT2D eigenvalue weighted by atomic mass is 32.1. The van der Waals surface area contributed by atoms with Gasteiger partial charge in [0, 0.05) is 17.1 Å². The van der Waals surface area contributed by atoms with Crippen LogP contribution in [-0.2, 0) is 6.42 Å². The summed E-state index contributed by atoms with van der Waals surface area (Å²) in [6.45, 7) is 3.14. The predicted octanol–water partition coefficient (Wildman–Crippen LogP) is 4.76. The molecule has 2 heterocycles. The number of nitrogens with one attached hydrogen (secondary N) is 1. The van der Waals surface area contributed by atoms with Gasteiger partial charge in [-0.2, -0.15) is 0 Å². The summed E-state index contributed by atoms with van der Waals surface area (Å²) in [5.74, 6) is 0.783. The first-order valence-electron chi connectivity index (χ1n) is 7.93. The molecule has 4 rings (SSSR count). The molecule has 1 aromatic heterocycles. The summed E-state index contributed by atoms with van der Waals surface area (Å²) in [6.07, 6.45) is 3.79. The second-order valence-corrected chi connectivity index (χ2v) is 7.71. The highest BCUT2D eigenvalue weighted by Crippen LogP contribution is 2.48. The van der Waals surface area contributed by atoms with Crippen molar-refractivity contribution in [2.24, 2.45) is 5.92 Å². The van der Waals surface area contributed by atoms with E-state index >= 15 is 0 Å². The van der Waals surface area contributed by atoms with Gasteiger partial charge in [0.1, 0.15) is 0 Å². The van der Waals surface area contributed by atoms with Crippen LogP contribution in [0.2, 0.25) is 0 Å². The Hall–Kier alpha value is -1.39. The summed E-state index contributed by atoms with van der Waals surface area (Å²) in [7, 11) is 0. The van der Waals surface area contributed by atoms with E-state index in [-0.39, 0.29) is 0 Å². The van der Waals surface area contributed by atoms with Crippen LogP contribution in [0.5, 0.6) is 0 Å². The average molecular weight is 329 g/mol. The number of nitrogens with zero attached hydrogens (tertiary/aromatic N) is 1. The molecule has 2 aliphatic rings. The van der Waals surface area contributed by atoms with Crippen molar-refractivity contribution < 1.29 is 0 Å². The Morgan fingerprint density at radius 3 is 2.95 bits per heavy atom. The maximum Gasteiger partial charge on any atom is 0.173 e. The summed E-state index contributed by atoms with van der Waals surface area (Å²) in [6, 6.07) is 11.2. The van der Waals surface area contributed by atoms with Crippen LogP contribution in [0.4, 0.5) is 5.69 Å². The molecule has 1 atom stereocenters. The van der Waals surface area contributed by atoms with Gasteiger partial charge in [-0.05, 0) is 79.0 Å². The third-order valence-corrected chi connectivity index (χ3v) is 5.95. The number of hydrogen-bond acceptors (Lipinski definition) is 2. The van der Waals surface area contributed by atoms with Gasteiger partial charge in [-0.15, -0.1) is 11.3 Å². The SMILES string of the molecule is Cc1cccc(NC(=S)N2CCc3sccc3[C@H]2C2CC2)c1. The molecule has 1 aromatic carbocycles. The lowest BCUT2D eigenvalue weighted by atomic mass is 9.96. The van der Waals surface area contributed by atoms with Gasteiger partial charge in [0.05, 0.1) is 6.04 Å². The maximum atomic E-state index is 5.74. The van der Waals surface area contributed by atoms with E-state index in [0.717, 1.165) is 29.7 Å². The third kappa shape index (κ3) is 2.66. The van der Waals surface area contributed by atoms with Gasteiger partial charge in [0.2, 0.25) is 0 Å². The Morgan fingerprint density at radius 1 is 1.32 bits per heavy atom. The van der Waals surface area contributed by atoms with E-state index < -0.39 is 0 Å². The van der Waals surface area contributed by atoms with E-state index in [1.165, 1.54) is 24.0 Å². The van der Waals surface area contributed by atoms with E-state index in [4.69, 9.17) is 12.2 Å². The van der Waals surface area contributed by atoms with E-state index in [9.17, 15) is 0 Å². The Kier molecular flexibility index (Phi) is 3.66. The number of aryl methyl sites for hydroxylation is 1. The van der Waals surface area contributed by atoms with Crippen LogP contribution in [-0.4, -0.2) is 16.6 Å². The van der Waals surface area contributed by atoms with Crippen LogP contribution in [0.15, 0.2) is 35.7 Å². The van der Waals surface area contributed by atoms with E-state index in [0.29, 0.717) is 6.04 Å². The van der Waals surface area contributed by atoms with Gasteiger partial charge in [0.25, 0.3) is 0 Å². The van der Waals surface area contributed by atoms with Gasteiger partial charge in [-0.1, -0.05) is 12.1 Å². The normalized spacial score (nSPS) is 20.6. The minimum absolute atomic E-state index is 0.486. The van der Waals surface area contributed by atoms with Crippen molar-refractivity contribution in [1.82, 2.24) is 4.90 Å². The van der Waals surface area contributed by atoms with Crippen LogP contribution >= 0.6 is 23.6 Å². The molecule has 114 valence electrons. The predicted molar refractivity (Wildman–Crippen MR) is 97.6 cm³/mol. The molecule has 2 aromatic rings. The largest absolute Gasteiger partial charge is 0.341 e. The summed E-state index contributed by atoms with van der Waals surface area (Å²) in [5, 5.41) is 6.56. The number of hydrogen-bond donors (Lipinski definition) is 1. The Labute approximate surface area is 141 Å². The quantitative estimate of drug-likeness (QED) is 0.800. The number of thiocarbonyl (C=S) groups is 1. The van der Waals surface area contributed by atoms with Gasteiger partial charge in [-0.3, -0.25) is 0 Å². The number of benzene rings is 1. The average Bonchev–Trinajstić information content (AvgIpc) is 3.22. The monoisotopic (exact) mass is 328 g/mol. The second-order valence-electron chi connectivity index (χ2n) is 6.32. The van der Waals surface area contributed by atoms with Crippen LogP contribution in [0.1, 0.15) is 34.9 Å². The summed E-state index contributed by atoms with van der Waals surface area (Å²) in [4.78, 5) is 3.98. The fraction of sp³-hybridized carbons (Fsp3) is 0.389. The first-order chi connectivity index (χ1) is 10.7. The molecule has 0 radical (unpaired) electrons. The van der Waals surface area contributed by atoms with Gasteiger partial charge in [-0.25, -0.2) is 0 Å². The fourth-order valence-electron chi connectivity index (χ4n) is 3.41. The lowest BCUT2D eigenvalue weighted by Gasteiger charge is -2.38. The molecule has 4 heteroatoms. The summed E-state index contributed by atoms with van der Waals surface area (Å²) >= 11 is 7.65. The number of rotatable bonds is 2. The molecule has 1 saturated carbocycles. The summed E-state index contributed by atoms with van der Waals surface area (Å²) in [5.41, 5.74) is 3.87. The molecule has 22 heavy (non-hydrogen) atoms. The van der Waals surface area contributed by atoms with Crippen molar-refractivity contribution in [1.29, 1.82) is 0 Å².